The molecule has 0 aliphatic rings. The van der Waals surface area contributed by atoms with Crippen molar-refractivity contribution in [2.75, 3.05) is 0 Å². The molecule has 0 radical (unpaired) electrons. The van der Waals surface area contributed by atoms with Crippen LogP contribution in [0.4, 0.5) is 0 Å². The summed E-state index contributed by atoms with van der Waals surface area (Å²) in [5, 5.41) is 2.52. The number of hydrogen-bond donors (Lipinski definition) is 0. The van der Waals surface area contributed by atoms with Gasteiger partial charge in [-0.15, -0.1) is 0 Å². The summed E-state index contributed by atoms with van der Waals surface area (Å²) >= 11 is 3.48. The van der Waals surface area contributed by atoms with Crippen LogP contribution in [-0.2, 0) is 0 Å². The van der Waals surface area contributed by atoms with Crippen molar-refractivity contribution >= 4 is 48.8 Å². The van der Waals surface area contributed by atoms with E-state index in [1.54, 1.807) is 0 Å². The number of para-hydroxylation sites is 2. The number of fused-ring (bicyclic) bond motifs is 4. The van der Waals surface area contributed by atoms with E-state index in [1.807, 2.05) is 18.2 Å². The predicted molar refractivity (Wildman–Crippen MR) is 121 cm³/mol. The lowest BCUT2D eigenvalue weighted by atomic mass is 10.2. The zero-order valence-corrected chi connectivity index (χ0v) is 16.9. The number of halogens is 1. The summed E-state index contributed by atoms with van der Waals surface area (Å²) in [5.74, 6) is 0.631. The lowest BCUT2D eigenvalue weighted by molar-refractivity contribution is 0.620. The molecule has 0 aliphatic heterocycles. The van der Waals surface area contributed by atoms with Gasteiger partial charge < -0.3 is 8.98 Å². The van der Waals surface area contributed by atoms with E-state index in [4.69, 9.17) is 4.42 Å². The number of rotatable bonds is 2. The maximum atomic E-state index is 5.94. The molecule has 0 N–H and O–H groups in total. The maximum absolute atomic E-state index is 5.94. The average Bonchev–Trinajstić information content (AvgIpc) is 3.33. The molecule has 0 spiro atoms. The van der Waals surface area contributed by atoms with Gasteiger partial charge in [-0.25, -0.2) is 4.98 Å². The van der Waals surface area contributed by atoms with Crippen molar-refractivity contribution in [3.05, 3.63) is 95.5 Å². The normalized spacial score (nSPS) is 11.6. The van der Waals surface area contributed by atoms with Crippen LogP contribution in [0, 0.1) is 0 Å². The summed E-state index contributed by atoms with van der Waals surface area (Å²) in [6, 6.07) is 31.3. The van der Waals surface area contributed by atoms with Gasteiger partial charge in [-0.2, -0.15) is 0 Å². The molecule has 0 amide bonds. The Morgan fingerprint density at radius 3 is 2.07 bits per heavy atom. The van der Waals surface area contributed by atoms with Crippen LogP contribution in [0.1, 0.15) is 0 Å². The first kappa shape index (κ1) is 16.6. The fraction of sp³-hybridized carbons (Fsp3) is 0. The summed E-state index contributed by atoms with van der Waals surface area (Å²) in [7, 11) is 0. The SMILES string of the molecule is Brc1ccc2oc(-c3ccc(-n4c5ccccc5c5ccccc54)cc3)nc2c1. The van der Waals surface area contributed by atoms with E-state index in [9.17, 15) is 0 Å². The average molecular weight is 439 g/mol. The minimum absolute atomic E-state index is 0.631. The highest BCUT2D eigenvalue weighted by atomic mass is 79.9. The first-order chi connectivity index (χ1) is 14.3. The molecule has 0 fully saturated rings. The van der Waals surface area contributed by atoms with Gasteiger partial charge >= 0.3 is 0 Å². The number of benzene rings is 4. The van der Waals surface area contributed by atoms with Crippen LogP contribution < -0.4 is 0 Å². The van der Waals surface area contributed by atoms with Crippen molar-refractivity contribution in [3.63, 3.8) is 0 Å². The fourth-order valence-corrected chi connectivity index (χ4v) is 4.33. The molecular formula is C25H15BrN2O. The van der Waals surface area contributed by atoms with Crippen molar-refractivity contribution in [2.24, 2.45) is 0 Å². The molecule has 0 aliphatic carbocycles. The highest BCUT2D eigenvalue weighted by molar-refractivity contribution is 9.10. The molecule has 3 nitrogen and oxygen atoms in total. The second kappa shape index (κ2) is 6.33. The highest BCUT2D eigenvalue weighted by Crippen LogP contribution is 2.33. The number of aromatic nitrogens is 2. The Labute approximate surface area is 175 Å². The minimum Gasteiger partial charge on any atom is -0.436 e. The Balaban J connectivity index is 1.50. The fourth-order valence-electron chi connectivity index (χ4n) is 3.98. The van der Waals surface area contributed by atoms with Crippen molar-refractivity contribution in [1.82, 2.24) is 9.55 Å². The van der Waals surface area contributed by atoms with E-state index in [2.05, 4.69) is 98.3 Å². The molecule has 138 valence electrons. The van der Waals surface area contributed by atoms with E-state index in [0.29, 0.717) is 5.89 Å². The van der Waals surface area contributed by atoms with Crippen LogP contribution in [0.25, 0.3) is 50.0 Å². The molecule has 29 heavy (non-hydrogen) atoms. The summed E-state index contributed by atoms with van der Waals surface area (Å²) in [4.78, 5) is 4.63. The van der Waals surface area contributed by atoms with Gasteiger partial charge in [-0.1, -0.05) is 52.3 Å². The van der Waals surface area contributed by atoms with Gasteiger partial charge in [0, 0.05) is 26.5 Å². The van der Waals surface area contributed by atoms with Gasteiger partial charge in [0.25, 0.3) is 0 Å². The van der Waals surface area contributed by atoms with Crippen LogP contribution >= 0.6 is 15.9 Å². The zero-order chi connectivity index (χ0) is 19.4. The van der Waals surface area contributed by atoms with Gasteiger partial charge in [0.05, 0.1) is 11.0 Å². The molecule has 0 unspecified atom stereocenters. The standard InChI is InChI=1S/C25H15BrN2O/c26-17-11-14-24-21(15-17)27-25(29-24)16-9-12-18(13-10-16)28-22-7-3-1-5-19(22)20-6-2-4-8-23(20)28/h1-15H. The first-order valence-electron chi connectivity index (χ1n) is 9.43. The number of oxazole rings is 1. The van der Waals surface area contributed by atoms with E-state index in [0.717, 1.165) is 26.8 Å². The molecule has 4 aromatic carbocycles. The molecule has 2 heterocycles. The zero-order valence-electron chi connectivity index (χ0n) is 15.3. The number of nitrogens with zero attached hydrogens (tertiary/aromatic N) is 2. The van der Waals surface area contributed by atoms with Crippen molar-refractivity contribution < 1.29 is 4.42 Å². The Kier molecular flexibility index (Phi) is 3.61. The lowest BCUT2D eigenvalue weighted by Gasteiger charge is -2.08. The molecule has 0 bridgehead atoms. The summed E-state index contributed by atoms with van der Waals surface area (Å²) in [5.41, 5.74) is 6.11. The topological polar surface area (TPSA) is 31.0 Å². The van der Waals surface area contributed by atoms with Crippen molar-refractivity contribution in [3.8, 4) is 17.1 Å². The molecular weight excluding hydrogens is 424 g/mol. The van der Waals surface area contributed by atoms with Gasteiger partial charge in [0.2, 0.25) is 5.89 Å². The second-order valence-corrected chi connectivity index (χ2v) is 7.96. The first-order valence-corrected chi connectivity index (χ1v) is 10.2. The van der Waals surface area contributed by atoms with E-state index in [1.165, 1.54) is 21.8 Å². The highest BCUT2D eigenvalue weighted by Gasteiger charge is 2.13. The van der Waals surface area contributed by atoms with Crippen LogP contribution in [-0.4, -0.2) is 9.55 Å². The van der Waals surface area contributed by atoms with Crippen molar-refractivity contribution in [1.29, 1.82) is 0 Å². The molecule has 6 aromatic rings. The molecule has 0 saturated carbocycles. The summed E-state index contributed by atoms with van der Waals surface area (Å²) in [6.45, 7) is 0. The molecule has 0 saturated heterocycles. The Bertz CT molecular complexity index is 1460. The third-order valence-electron chi connectivity index (χ3n) is 5.30. The van der Waals surface area contributed by atoms with Gasteiger partial charge in [-0.3, -0.25) is 0 Å². The van der Waals surface area contributed by atoms with E-state index < -0.39 is 0 Å². The second-order valence-electron chi connectivity index (χ2n) is 7.05. The van der Waals surface area contributed by atoms with E-state index in [-0.39, 0.29) is 0 Å². The van der Waals surface area contributed by atoms with Gasteiger partial charge in [0.1, 0.15) is 5.52 Å². The van der Waals surface area contributed by atoms with Crippen LogP contribution in [0.5, 0.6) is 0 Å². The molecule has 6 rings (SSSR count). The quantitative estimate of drug-likeness (QED) is 0.282. The van der Waals surface area contributed by atoms with Crippen molar-refractivity contribution in [2.45, 2.75) is 0 Å². The van der Waals surface area contributed by atoms with Crippen LogP contribution in [0.15, 0.2) is 99.9 Å². The third-order valence-corrected chi connectivity index (χ3v) is 5.80. The monoisotopic (exact) mass is 438 g/mol. The Hall–Kier alpha value is -3.37. The summed E-state index contributed by atoms with van der Waals surface area (Å²) in [6.07, 6.45) is 0. The van der Waals surface area contributed by atoms with Gasteiger partial charge in [0.15, 0.2) is 5.58 Å². The molecule has 4 heteroatoms. The van der Waals surface area contributed by atoms with Crippen LogP contribution in [0.2, 0.25) is 0 Å². The van der Waals surface area contributed by atoms with E-state index >= 15 is 0 Å². The maximum Gasteiger partial charge on any atom is 0.227 e. The largest absolute Gasteiger partial charge is 0.436 e. The van der Waals surface area contributed by atoms with Gasteiger partial charge in [-0.05, 0) is 54.6 Å². The lowest BCUT2D eigenvalue weighted by Crippen LogP contribution is -1.93. The van der Waals surface area contributed by atoms with Crippen LogP contribution in [0.3, 0.4) is 0 Å². The predicted octanol–water partition coefficient (Wildman–Crippen LogP) is 7.35. The minimum atomic E-state index is 0.631. The Morgan fingerprint density at radius 2 is 1.38 bits per heavy atom. The molecule has 0 atom stereocenters. The summed E-state index contributed by atoms with van der Waals surface area (Å²) < 4.78 is 9.24. The molecule has 2 aromatic heterocycles. The number of hydrogen-bond acceptors (Lipinski definition) is 2. The Morgan fingerprint density at radius 1 is 0.724 bits per heavy atom. The third kappa shape index (κ3) is 2.60. The smallest absolute Gasteiger partial charge is 0.227 e.